The molecule has 0 amide bonds. The van der Waals surface area contributed by atoms with E-state index in [0.29, 0.717) is 30.5 Å². The molecule has 0 fully saturated rings. The molecule has 0 unspecified atom stereocenters. The highest BCUT2D eigenvalue weighted by molar-refractivity contribution is 7.92. The average Bonchev–Trinajstić information content (AvgIpc) is 2.73. The van der Waals surface area contributed by atoms with E-state index in [1.165, 1.54) is 6.08 Å². The predicted molar refractivity (Wildman–Crippen MR) is 128 cm³/mol. The molecule has 0 saturated heterocycles. The van der Waals surface area contributed by atoms with Crippen molar-refractivity contribution < 1.29 is 18.6 Å². The summed E-state index contributed by atoms with van der Waals surface area (Å²) in [5.41, 5.74) is 2.96. The topological polar surface area (TPSA) is 89.9 Å². The van der Waals surface area contributed by atoms with E-state index in [2.05, 4.69) is 4.72 Å². The van der Waals surface area contributed by atoms with E-state index < -0.39 is 16.3 Å². The van der Waals surface area contributed by atoms with Gasteiger partial charge in [-0.15, -0.1) is 23.2 Å². The molecule has 31 heavy (non-hydrogen) atoms. The maximum absolute atomic E-state index is 12.7. The Kier molecular flexibility index (Phi) is 9.87. The van der Waals surface area contributed by atoms with Gasteiger partial charge in [-0.1, -0.05) is 29.9 Å². The third-order valence-corrected chi connectivity index (χ3v) is 6.04. The number of halogens is 2. The number of sulfonamides is 1. The molecule has 9 heteroatoms. The van der Waals surface area contributed by atoms with Crippen LogP contribution in [0.3, 0.4) is 0 Å². The van der Waals surface area contributed by atoms with Gasteiger partial charge in [0.05, 0.1) is 4.90 Å². The molecule has 3 N–H and O–H groups in total. The summed E-state index contributed by atoms with van der Waals surface area (Å²) < 4.78 is 28.0. The Bertz CT molecular complexity index is 983. The second-order valence-electron chi connectivity index (χ2n) is 6.75. The molecule has 0 saturated carbocycles. The molecular weight excluding hydrogens is 459 g/mol. The Balaban J connectivity index is 2.11. The van der Waals surface area contributed by atoms with Crippen LogP contribution in [-0.4, -0.2) is 49.8 Å². The van der Waals surface area contributed by atoms with Gasteiger partial charge in [0.1, 0.15) is 0 Å². The molecule has 0 heterocycles. The normalized spacial score (nSPS) is 12.5. The highest BCUT2D eigenvalue weighted by atomic mass is 35.5. The molecule has 0 aliphatic rings. The van der Waals surface area contributed by atoms with Gasteiger partial charge in [-0.25, -0.2) is 8.42 Å². The Hall–Kier alpha value is -2.03. The second kappa shape index (κ2) is 12.1. The molecular formula is C22H26Cl2N2O4S. The zero-order valence-corrected chi connectivity index (χ0v) is 19.4. The van der Waals surface area contributed by atoms with Crippen molar-refractivity contribution in [2.45, 2.75) is 18.1 Å². The standard InChI is InChI=1S/C22H26Cl2N2O4S/c1-17(2-11-22(27)28)16-18-3-5-19(6-4-18)25-31(29,30)21-9-7-20(8-10-21)26(14-12-23)15-13-24/h2-11,16,22,25,27-28H,12-15H2,1H3/b11-2+,17-16+. The minimum absolute atomic E-state index is 0.153. The van der Waals surface area contributed by atoms with E-state index >= 15 is 0 Å². The quantitative estimate of drug-likeness (QED) is 0.254. The molecule has 0 radical (unpaired) electrons. The molecule has 6 nitrogen and oxygen atoms in total. The molecule has 0 atom stereocenters. The summed E-state index contributed by atoms with van der Waals surface area (Å²) in [7, 11) is -3.74. The Morgan fingerprint density at radius 2 is 1.61 bits per heavy atom. The molecule has 2 rings (SSSR count). The predicted octanol–water partition coefficient (Wildman–Crippen LogP) is 4.04. The van der Waals surface area contributed by atoms with Crippen LogP contribution in [0.4, 0.5) is 11.4 Å². The van der Waals surface area contributed by atoms with Gasteiger partial charge in [-0.2, -0.15) is 0 Å². The third kappa shape index (κ3) is 8.20. The summed E-state index contributed by atoms with van der Waals surface area (Å²) in [4.78, 5) is 2.15. The highest BCUT2D eigenvalue weighted by Gasteiger charge is 2.15. The van der Waals surface area contributed by atoms with Gasteiger partial charge < -0.3 is 15.1 Å². The van der Waals surface area contributed by atoms with Gasteiger partial charge in [0.15, 0.2) is 6.29 Å². The number of anilines is 2. The SMILES string of the molecule is CC(/C=C/C(O)O)=C\c1ccc(NS(=O)(=O)c2ccc(N(CCCl)CCCl)cc2)cc1. The van der Waals surface area contributed by atoms with Crippen molar-refractivity contribution >= 4 is 50.7 Å². The van der Waals surface area contributed by atoms with E-state index in [1.54, 1.807) is 54.6 Å². The lowest BCUT2D eigenvalue weighted by molar-refractivity contribution is 0.00234. The largest absolute Gasteiger partial charge is 0.369 e. The fourth-order valence-electron chi connectivity index (χ4n) is 2.82. The van der Waals surface area contributed by atoms with Gasteiger partial charge in [0, 0.05) is 36.2 Å². The number of rotatable bonds is 11. The smallest absolute Gasteiger partial charge is 0.261 e. The van der Waals surface area contributed by atoms with E-state index in [-0.39, 0.29) is 4.90 Å². The monoisotopic (exact) mass is 484 g/mol. The van der Waals surface area contributed by atoms with Gasteiger partial charge in [0.25, 0.3) is 10.0 Å². The Morgan fingerprint density at radius 3 is 2.13 bits per heavy atom. The van der Waals surface area contributed by atoms with Crippen molar-refractivity contribution in [3.63, 3.8) is 0 Å². The van der Waals surface area contributed by atoms with Crippen LogP contribution in [0.15, 0.2) is 71.2 Å². The lowest BCUT2D eigenvalue weighted by atomic mass is 10.1. The Labute approximate surface area is 193 Å². The number of nitrogens with one attached hydrogen (secondary N) is 1. The van der Waals surface area contributed by atoms with E-state index in [0.717, 1.165) is 16.8 Å². The van der Waals surface area contributed by atoms with Crippen molar-refractivity contribution in [2.24, 2.45) is 0 Å². The van der Waals surface area contributed by atoms with E-state index in [1.807, 2.05) is 17.9 Å². The van der Waals surface area contributed by atoms with Crippen LogP contribution in [0.1, 0.15) is 12.5 Å². The van der Waals surface area contributed by atoms with Crippen molar-refractivity contribution in [3.05, 3.63) is 71.8 Å². The van der Waals surface area contributed by atoms with E-state index in [4.69, 9.17) is 33.4 Å². The number of benzene rings is 2. The second-order valence-corrected chi connectivity index (χ2v) is 9.19. The maximum atomic E-state index is 12.7. The van der Waals surface area contributed by atoms with Crippen molar-refractivity contribution in [3.8, 4) is 0 Å². The van der Waals surface area contributed by atoms with Gasteiger partial charge in [-0.05, 0) is 55.0 Å². The van der Waals surface area contributed by atoms with Gasteiger partial charge in [0.2, 0.25) is 0 Å². The van der Waals surface area contributed by atoms with Crippen LogP contribution in [0.2, 0.25) is 0 Å². The molecule has 0 aliphatic carbocycles. The number of alkyl halides is 2. The zero-order chi connectivity index (χ0) is 22.9. The molecule has 0 aliphatic heterocycles. The van der Waals surface area contributed by atoms with Crippen molar-refractivity contribution in [2.75, 3.05) is 34.5 Å². The van der Waals surface area contributed by atoms with Crippen LogP contribution in [0.5, 0.6) is 0 Å². The summed E-state index contributed by atoms with van der Waals surface area (Å²) in [6.07, 6.45) is 3.18. The molecule has 0 aromatic heterocycles. The van der Waals surface area contributed by atoms with E-state index in [9.17, 15) is 8.42 Å². The lowest BCUT2D eigenvalue weighted by Gasteiger charge is -2.23. The number of nitrogens with zero attached hydrogens (tertiary/aromatic N) is 1. The minimum atomic E-state index is -3.74. The fraction of sp³-hybridized carbons (Fsp3) is 0.273. The first kappa shape index (κ1) is 25.2. The van der Waals surface area contributed by atoms with Crippen molar-refractivity contribution in [1.29, 1.82) is 0 Å². The summed E-state index contributed by atoms with van der Waals surface area (Å²) in [6.45, 7) is 3.06. The van der Waals surface area contributed by atoms with Gasteiger partial charge in [-0.3, -0.25) is 4.72 Å². The van der Waals surface area contributed by atoms with Crippen LogP contribution in [-0.2, 0) is 10.0 Å². The number of allylic oxidation sites excluding steroid dienone is 2. The third-order valence-electron chi connectivity index (χ3n) is 4.31. The zero-order valence-electron chi connectivity index (χ0n) is 17.1. The first-order valence-corrected chi connectivity index (χ1v) is 12.1. The molecule has 0 bridgehead atoms. The number of aliphatic hydroxyl groups is 2. The first-order valence-electron chi connectivity index (χ1n) is 9.57. The maximum Gasteiger partial charge on any atom is 0.261 e. The summed E-state index contributed by atoms with van der Waals surface area (Å²) in [6, 6.07) is 13.4. The summed E-state index contributed by atoms with van der Waals surface area (Å²) in [5, 5.41) is 17.7. The molecule has 168 valence electrons. The van der Waals surface area contributed by atoms with Crippen LogP contribution in [0, 0.1) is 0 Å². The van der Waals surface area contributed by atoms with Crippen LogP contribution < -0.4 is 9.62 Å². The molecule has 0 spiro atoms. The molecule has 2 aromatic carbocycles. The minimum Gasteiger partial charge on any atom is -0.369 e. The fourth-order valence-corrected chi connectivity index (χ4v) is 4.29. The number of aliphatic hydroxyl groups excluding tert-OH is 1. The first-order chi connectivity index (χ1) is 14.7. The van der Waals surface area contributed by atoms with Crippen LogP contribution >= 0.6 is 23.2 Å². The number of hydrogen-bond donors (Lipinski definition) is 3. The number of hydrogen-bond acceptors (Lipinski definition) is 5. The summed E-state index contributed by atoms with van der Waals surface area (Å²) in [5.74, 6) is 0.895. The molecule has 2 aromatic rings. The lowest BCUT2D eigenvalue weighted by Crippen LogP contribution is -2.27. The van der Waals surface area contributed by atoms with Crippen molar-refractivity contribution in [1.82, 2.24) is 0 Å². The highest BCUT2D eigenvalue weighted by Crippen LogP contribution is 2.21. The van der Waals surface area contributed by atoms with Crippen LogP contribution in [0.25, 0.3) is 6.08 Å². The summed E-state index contributed by atoms with van der Waals surface area (Å²) >= 11 is 11.7. The average molecular weight is 485 g/mol. The Morgan fingerprint density at radius 1 is 1.03 bits per heavy atom. The van der Waals surface area contributed by atoms with Gasteiger partial charge >= 0.3 is 0 Å².